The fourth-order valence-electron chi connectivity index (χ4n) is 2.58. The lowest BCUT2D eigenvalue weighted by molar-refractivity contribution is -0.141. The summed E-state index contributed by atoms with van der Waals surface area (Å²) in [7, 11) is 0. The van der Waals surface area contributed by atoms with Gasteiger partial charge in [-0.1, -0.05) is 20.3 Å². The molecule has 2 unspecified atom stereocenters. The average molecular weight is 254 g/mol. The monoisotopic (exact) mass is 254 g/mol. The molecule has 0 aliphatic carbocycles. The zero-order valence-corrected chi connectivity index (χ0v) is 12.2. The van der Waals surface area contributed by atoms with Gasteiger partial charge in [0.1, 0.15) is 0 Å². The van der Waals surface area contributed by atoms with Crippen LogP contribution in [0.25, 0.3) is 0 Å². The molecule has 0 bridgehead atoms. The van der Waals surface area contributed by atoms with Crippen LogP contribution < -0.4 is 5.32 Å². The number of nitrogens with one attached hydrogen (secondary N) is 1. The maximum Gasteiger partial charge on any atom is 0.247 e. The first-order chi connectivity index (χ1) is 8.32. The lowest BCUT2D eigenvalue weighted by Crippen LogP contribution is -2.50. The van der Waals surface area contributed by atoms with Gasteiger partial charge in [0.15, 0.2) is 0 Å². The van der Waals surface area contributed by atoms with Gasteiger partial charge in [0, 0.05) is 11.6 Å². The van der Waals surface area contributed by atoms with Crippen LogP contribution >= 0.6 is 0 Å². The highest BCUT2D eigenvalue weighted by molar-refractivity contribution is 6.05. The van der Waals surface area contributed by atoms with E-state index in [2.05, 4.69) is 26.1 Å². The zero-order chi connectivity index (χ0) is 13.9. The third kappa shape index (κ3) is 3.31. The standard InChI is InChI=1S/C14H26N2O2/c1-6-8-14(4,5)15-11-9-12(17)16(13(11)18)10(3)7-2/h10-11,15H,6-9H2,1-5H3. The molecule has 1 fully saturated rings. The molecule has 4 heteroatoms. The Labute approximate surface area is 110 Å². The number of carbonyl (C=O) groups excluding carboxylic acids is 2. The second-order valence-electron chi connectivity index (χ2n) is 5.89. The Bertz CT molecular complexity index is 326. The number of nitrogens with zero attached hydrogens (tertiary/aromatic N) is 1. The molecule has 2 atom stereocenters. The van der Waals surface area contributed by atoms with Crippen LogP contribution in [0.4, 0.5) is 0 Å². The molecular weight excluding hydrogens is 228 g/mol. The van der Waals surface area contributed by atoms with Gasteiger partial charge in [0.25, 0.3) is 0 Å². The van der Waals surface area contributed by atoms with Gasteiger partial charge in [-0.15, -0.1) is 0 Å². The first kappa shape index (κ1) is 15.2. The topological polar surface area (TPSA) is 49.4 Å². The van der Waals surface area contributed by atoms with Crippen molar-refractivity contribution in [1.29, 1.82) is 0 Å². The Balaban J connectivity index is 2.71. The summed E-state index contributed by atoms with van der Waals surface area (Å²) in [4.78, 5) is 25.6. The molecule has 2 amide bonds. The van der Waals surface area contributed by atoms with E-state index in [9.17, 15) is 9.59 Å². The summed E-state index contributed by atoms with van der Waals surface area (Å²) in [5, 5.41) is 3.33. The van der Waals surface area contributed by atoms with Crippen LogP contribution in [-0.2, 0) is 9.59 Å². The van der Waals surface area contributed by atoms with Crippen molar-refractivity contribution < 1.29 is 9.59 Å². The van der Waals surface area contributed by atoms with E-state index in [0.717, 1.165) is 19.3 Å². The summed E-state index contributed by atoms with van der Waals surface area (Å²) in [5.41, 5.74) is -0.0964. The van der Waals surface area contributed by atoms with Crippen LogP contribution in [0, 0.1) is 0 Å². The number of amides is 2. The predicted molar refractivity (Wildman–Crippen MR) is 72.1 cm³/mol. The molecule has 18 heavy (non-hydrogen) atoms. The smallest absolute Gasteiger partial charge is 0.247 e. The van der Waals surface area contributed by atoms with E-state index in [1.807, 2.05) is 13.8 Å². The van der Waals surface area contributed by atoms with Crippen molar-refractivity contribution in [3.8, 4) is 0 Å². The van der Waals surface area contributed by atoms with Crippen molar-refractivity contribution in [3.05, 3.63) is 0 Å². The lowest BCUT2D eigenvalue weighted by atomic mass is 9.97. The third-order valence-electron chi connectivity index (χ3n) is 3.65. The van der Waals surface area contributed by atoms with Gasteiger partial charge < -0.3 is 5.32 Å². The van der Waals surface area contributed by atoms with Crippen LogP contribution in [0.2, 0.25) is 0 Å². The van der Waals surface area contributed by atoms with Gasteiger partial charge in [-0.25, -0.2) is 0 Å². The van der Waals surface area contributed by atoms with Crippen molar-refractivity contribution in [2.24, 2.45) is 0 Å². The molecular formula is C14H26N2O2. The van der Waals surface area contributed by atoms with Gasteiger partial charge >= 0.3 is 0 Å². The Morgan fingerprint density at radius 2 is 2.00 bits per heavy atom. The molecule has 1 heterocycles. The minimum absolute atomic E-state index is 0.00564. The van der Waals surface area contributed by atoms with Gasteiger partial charge in [-0.05, 0) is 33.6 Å². The molecule has 104 valence electrons. The molecule has 1 N–H and O–H groups in total. The Morgan fingerprint density at radius 1 is 1.39 bits per heavy atom. The molecule has 1 aliphatic heterocycles. The van der Waals surface area contributed by atoms with E-state index in [0.29, 0.717) is 6.42 Å². The second-order valence-corrected chi connectivity index (χ2v) is 5.89. The molecule has 1 rings (SSSR count). The van der Waals surface area contributed by atoms with E-state index in [4.69, 9.17) is 0 Å². The van der Waals surface area contributed by atoms with Crippen LogP contribution in [-0.4, -0.2) is 34.3 Å². The quantitative estimate of drug-likeness (QED) is 0.738. The fraction of sp³-hybridized carbons (Fsp3) is 0.857. The summed E-state index contributed by atoms with van der Waals surface area (Å²) in [6, 6.07) is -0.334. The number of carbonyl (C=O) groups is 2. The van der Waals surface area contributed by atoms with Gasteiger partial charge in [0.2, 0.25) is 11.8 Å². The van der Waals surface area contributed by atoms with Crippen LogP contribution in [0.3, 0.4) is 0 Å². The van der Waals surface area contributed by atoms with Crippen molar-refractivity contribution in [3.63, 3.8) is 0 Å². The van der Waals surface area contributed by atoms with Crippen molar-refractivity contribution in [1.82, 2.24) is 10.2 Å². The summed E-state index contributed by atoms with van der Waals surface area (Å²) in [5.74, 6) is -0.0994. The Hall–Kier alpha value is -0.900. The minimum Gasteiger partial charge on any atom is -0.300 e. The SMILES string of the molecule is CCCC(C)(C)NC1CC(=O)N(C(C)CC)C1=O. The van der Waals surface area contributed by atoms with Gasteiger partial charge in [-0.2, -0.15) is 0 Å². The maximum absolute atomic E-state index is 12.2. The highest BCUT2D eigenvalue weighted by Gasteiger charge is 2.42. The summed E-state index contributed by atoms with van der Waals surface area (Å²) in [6.07, 6.45) is 3.16. The van der Waals surface area contributed by atoms with Crippen LogP contribution in [0.1, 0.15) is 60.3 Å². The van der Waals surface area contributed by atoms with Crippen molar-refractivity contribution >= 4 is 11.8 Å². The van der Waals surface area contributed by atoms with Crippen LogP contribution in [0.5, 0.6) is 0 Å². The zero-order valence-electron chi connectivity index (χ0n) is 12.2. The minimum atomic E-state index is -0.340. The molecule has 0 radical (unpaired) electrons. The molecule has 0 saturated carbocycles. The molecule has 4 nitrogen and oxygen atoms in total. The van der Waals surface area contributed by atoms with E-state index < -0.39 is 0 Å². The second kappa shape index (κ2) is 5.83. The third-order valence-corrected chi connectivity index (χ3v) is 3.65. The maximum atomic E-state index is 12.2. The largest absolute Gasteiger partial charge is 0.300 e. The van der Waals surface area contributed by atoms with E-state index in [1.54, 1.807) is 0 Å². The number of hydrogen-bond acceptors (Lipinski definition) is 3. The molecule has 0 aromatic rings. The van der Waals surface area contributed by atoms with Crippen molar-refractivity contribution in [2.45, 2.75) is 77.9 Å². The molecule has 0 aromatic heterocycles. The van der Waals surface area contributed by atoms with Gasteiger partial charge in [-0.3, -0.25) is 14.5 Å². The lowest BCUT2D eigenvalue weighted by Gasteiger charge is -2.29. The highest BCUT2D eigenvalue weighted by atomic mass is 16.2. The normalized spacial score (nSPS) is 22.7. The van der Waals surface area contributed by atoms with Crippen LogP contribution in [0.15, 0.2) is 0 Å². The summed E-state index contributed by atoms with van der Waals surface area (Å²) in [6.45, 7) is 10.2. The number of likely N-dealkylation sites (tertiary alicyclic amines) is 1. The molecule has 1 saturated heterocycles. The average Bonchev–Trinajstić information content (AvgIpc) is 2.52. The van der Waals surface area contributed by atoms with E-state index >= 15 is 0 Å². The number of rotatable bonds is 6. The molecule has 0 spiro atoms. The highest BCUT2D eigenvalue weighted by Crippen LogP contribution is 2.21. The fourth-order valence-corrected chi connectivity index (χ4v) is 2.58. The number of hydrogen-bond donors (Lipinski definition) is 1. The predicted octanol–water partition coefficient (Wildman–Crippen LogP) is 2.08. The molecule has 1 aliphatic rings. The summed E-state index contributed by atoms with van der Waals surface area (Å²) < 4.78 is 0. The first-order valence-electron chi connectivity index (χ1n) is 6.96. The molecule has 0 aromatic carbocycles. The van der Waals surface area contributed by atoms with Gasteiger partial charge in [0.05, 0.1) is 12.5 Å². The summed E-state index contributed by atoms with van der Waals surface area (Å²) >= 11 is 0. The van der Waals surface area contributed by atoms with Crippen molar-refractivity contribution in [2.75, 3.05) is 0 Å². The first-order valence-corrected chi connectivity index (χ1v) is 6.96. The Kier molecular flexibility index (Phi) is 4.91. The number of imide groups is 1. The Morgan fingerprint density at radius 3 is 2.50 bits per heavy atom. The van der Waals surface area contributed by atoms with E-state index in [1.165, 1.54) is 4.90 Å². The van der Waals surface area contributed by atoms with E-state index in [-0.39, 0.29) is 29.4 Å².